The molecule has 1 amide bonds. The molecule has 0 saturated carbocycles. The fraction of sp³-hybridized carbons (Fsp3) is 0. The van der Waals surface area contributed by atoms with E-state index in [0.29, 0.717) is 20.7 Å². The second-order valence-corrected chi connectivity index (χ2v) is 4.86. The molecule has 2 aromatic rings. The second-order valence-electron chi connectivity index (χ2n) is 3.30. The number of anilines is 2. The number of aromatic nitrogens is 1. The molecule has 1 aromatic heterocycles. The summed E-state index contributed by atoms with van der Waals surface area (Å²) in [6.07, 6.45) is 0. The van der Waals surface area contributed by atoms with Gasteiger partial charge in [-0.2, -0.15) is 4.37 Å². The zero-order valence-electron chi connectivity index (χ0n) is 8.78. The van der Waals surface area contributed by atoms with E-state index in [1.807, 2.05) is 0 Å². The first kappa shape index (κ1) is 12.9. The first-order valence-corrected chi connectivity index (χ1v) is 6.23. The highest BCUT2D eigenvalue weighted by atomic mass is 35.5. The third kappa shape index (κ3) is 2.35. The maximum Gasteiger partial charge on any atom is 0.257 e. The minimum absolute atomic E-state index is 0.0731. The van der Waals surface area contributed by atoms with Crippen LogP contribution in [0.25, 0.3) is 0 Å². The van der Waals surface area contributed by atoms with Gasteiger partial charge in [-0.05, 0) is 23.7 Å². The lowest BCUT2D eigenvalue weighted by atomic mass is 10.3. The topological polar surface area (TPSA) is 88.2 Å². The molecule has 4 N–H and O–H groups in total. The number of halogens is 2. The van der Waals surface area contributed by atoms with E-state index >= 15 is 0 Å². The molecule has 0 fully saturated rings. The molecule has 0 atom stereocenters. The van der Waals surface area contributed by atoms with Gasteiger partial charge >= 0.3 is 0 Å². The van der Waals surface area contributed by atoms with Crippen LogP contribution in [-0.2, 0) is 0 Å². The summed E-state index contributed by atoms with van der Waals surface area (Å²) in [5.74, 6) is -1.19. The molecule has 0 bridgehead atoms. The fourth-order valence-electron chi connectivity index (χ4n) is 1.31. The van der Waals surface area contributed by atoms with Crippen molar-refractivity contribution in [3.05, 3.63) is 33.8 Å². The summed E-state index contributed by atoms with van der Waals surface area (Å²) >= 11 is 12.8. The van der Waals surface area contributed by atoms with Crippen LogP contribution >= 0.6 is 34.7 Å². The lowest BCUT2D eigenvalue weighted by molar-refractivity contribution is 0.0998. The van der Waals surface area contributed by atoms with Crippen LogP contribution < -0.4 is 11.1 Å². The molecule has 94 valence electrons. The maximum absolute atomic E-state index is 11.2. The summed E-state index contributed by atoms with van der Waals surface area (Å²) < 4.78 is 3.64. The van der Waals surface area contributed by atoms with E-state index in [0.717, 1.165) is 11.5 Å². The largest absolute Gasteiger partial charge is 0.492 e. The molecule has 0 aliphatic heterocycles. The predicted molar refractivity (Wildman–Crippen MR) is 72.0 cm³/mol. The van der Waals surface area contributed by atoms with Crippen LogP contribution in [0.3, 0.4) is 0 Å². The quantitative estimate of drug-likeness (QED) is 0.813. The molecule has 0 unspecified atom stereocenters. The van der Waals surface area contributed by atoms with Crippen molar-refractivity contribution in [3.63, 3.8) is 0 Å². The summed E-state index contributed by atoms with van der Waals surface area (Å²) in [5.41, 5.74) is 5.57. The monoisotopic (exact) mass is 303 g/mol. The van der Waals surface area contributed by atoms with E-state index in [9.17, 15) is 9.90 Å². The molecular weight excluding hydrogens is 297 g/mol. The number of carbonyl (C=O) groups excluding carboxylic acids is 1. The van der Waals surface area contributed by atoms with Gasteiger partial charge in [0.1, 0.15) is 10.6 Å². The minimum Gasteiger partial charge on any atom is -0.492 e. The molecule has 0 spiro atoms. The lowest BCUT2D eigenvalue weighted by Crippen LogP contribution is -2.11. The number of hydrogen-bond donors (Lipinski definition) is 3. The van der Waals surface area contributed by atoms with Crippen LogP contribution in [0.15, 0.2) is 18.2 Å². The van der Waals surface area contributed by atoms with E-state index in [2.05, 4.69) is 9.69 Å². The number of aromatic hydroxyl groups is 1. The summed E-state index contributed by atoms with van der Waals surface area (Å²) in [6.45, 7) is 0. The van der Waals surface area contributed by atoms with Crippen LogP contribution in [0.2, 0.25) is 10.0 Å². The first-order valence-electron chi connectivity index (χ1n) is 4.70. The Morgan fingerprint density at radius 3 is 2.83 bits per heavy atom. The van der Waals surface area contributed by atoms with Gasteiger partial charge in [0, 0.05) is 0 Å². The van der Waals surface area contributed by atoms with Crippen LogP contribution in [-0.4, -0.2) is 15.4 Å². The Kier molecular flexibility index (Phi) is 3.60. The van der Waals surface area contributed by atoms with Crippen molar-refractivity contribution in [3.8, 4) is 5.88 Å². The van der Waals surface area contributed by atoms with Crippen LogP contribution in [0.5, 0.6) is 5.88 Å². The van der Waals surface area contributed by atoms with Gasteiger partial charge in [-0.3, -0.25) is 4.79 Å². The lowest BCUT2D eigenvalue weighted by Gasteiger charge is -2.07. The van der Waals surface area contributed by atoms with E-state index in [4.69, 9.17) is 28.9 Å². The molecule has 0 radical (unpaired) electrons. The van der Waals surface area contributed by atoms with Crippen molar-refractivity contribution in [2.24, 2.45) is 5.73 Å². The Morgan fingerprint density at radius 1 is 1.44 bits per heavy atom. The molecule has 0 saturated heterocycles. The number of benzene rings is 1. The number of amides is 1. The Labute approximate surface area is 116 Å². The van der Waals surface area contributed by atoms with Crippen molar-refractivity contribution in [1.82, 2.24) is 4.37 Å². The van der Waals surface area contributed by atoms with E-state index < -0.39 is 11.8 Å². The standard InChI is InChI=1S/C10H7Cl2N3O2S/c11-4-2-1-3-5(7(4)12)14-10-6(8(13)16)9(17)15-18-10/h1-3,14H,(H2,13,16)(H,15,17). The van der Waals surface area contributed by atoms with E-state index in [-0.39, 0.29) is 5.56 Å². The average Bonchev–Trinajstić information content (AvgIpc) is 2.66. The van der Waals surface area contributed by atoms with Crippen LogP contribution in [0, 0.1) is 0 Å². The Morgan fingerprint density at radius 2 is 2.17 bits per heavy atom. The first-order chi connectivity index (χ1) is 8.50. The summed E-state index contributed by atoms with van der Waals surface area (Å²) in [4.78, 5) is 11.2. The Hall–Kier alpha value is -1.50. The summed E-state index contributed by atoms with van der Waals surface area (Å²) in [5, 5.41) is 13.3. The van der Waals surface area contributed by atoms with Crippen molar-refractivity contribution in [2.75, 3.05) is 5.32 Å². The molecule has 2 rings (SSSR count). The van der Waals surface area contributed by atoms with Gasteiger partial charge in [-0.15, -0.1) is 0 Å². The van der Waals surface area contributed by atoms with Crippen molar-refractivity contribution in [2.45, 2.75) is 0 Å². The molecular formula is C10H7Cl2N3O2S. The minimum atomic E-state index is -0.776. The van der Waals surface area contributed by atoms with E-state index in [1.165, 1.54) is 0 Å². The predicted octanol–water partition coefficient (Wildman–Crippen LogP) is 3.00. The van der Waals surface area contributed by atoms with Gasteiger partial charge in [0.2, 0.25) is 5.88 Å². The zero-order valence-corrected chi connectivity index (χ0v) is 11.1. The number of nitrogens with one attached hydrogen (secondary N) is 1. The number of carbonyl (C=O) groups is 1. The molecule has 0 aliphatic rings. The van der Waals surface area contributed by atoms with Crippen LogP contribution in [0.1, 0.15) is 10.4 Å². The SMILES string of the molecule is NC(=O)c1c(O)nsc1Nc1cccc(Cl)c1Cl. The number of rotatable bonds is 3. The van der Waals surface area contributed by atoms with Crippen molar-refractivity contribution < 1.29 is 9.90 Å². The van der Waals surface area contributed by atoms with Gasteiger partial charge in [0.15, 0.2) is 0 Å². The Balaban J connectivity index is 2.41. The van der Waals surface area contributed by atoms with Gasteiger partial charge in [0.05, 0.1) is 15.7 Å². The highest BCUT2D eigenvalue weighted by Crippen LogP contribution is 2.36. The molecule has 18 heavy (non-hydrogen) atoms. The van der Waals surface area contributed by atoms with Gasteiger partial charge in [-0.1, -0.05) is 29.3 Å². The molecule has 1 heterocycles. The number of nitrogens with zero attached hydrogens (tertiary/aromatic N) is 1. The van der Waals surface area contributed by atoms with Gasteiger partial charge in [0.25, 0.3) is 5.91 Å². The number of hydrogen-bond acceptors (Lipinski definition) is 5. The van der Waals surface area contributed by atoms with E-state index in [1.54, 1.807) is 18.2 Å². The summed E-state index contributed by atoms with van der Waals surface area (Å²) in [7, 11) is 0. The molecule has 5 nitrogen and oxygen atoms in total. The van der Waals surface area contributed by atoms with Gasteiger partial charge < -0.3 is 16.2 Å². The highest BCUT2D eigenvalue weighted by molar-refractivity contribution is 7.11. The smallest absolute Gasteiger partial charge is 0.257 e. The fourth-order valence-corrected chi connectivity index (χ4v) is 2.37. The third-order valence-corrected chi connectivity index (χ3v) is 3.69. The van der Waals surface area contributed by atoms with Crippen molar-refractivity contribution >= 4 is 51.3 Å². The molecule has 1 aromatic carbocycles. The van der Waals surface area contributed by atoms with Crippen LogP contribution in [0.4, 0.5) is 10.7 Å². The van der Waals surface area contributed by atoms with Crippen molar-refractivity contribution in [1.29, 1.82) is 0 Å². The maximum atomic E-state index is 11.2. The number of nitrogens with two attached hydrogens (primary N) is 1. The molecule has 0 aliphatic carbocycles. The average molecular weight is 304 g/mol. The zero-order chi connectivity index (χ0) is 13.3. The second kappa shape index (κ2) is 5.01. The van der Waals surface area contributed by atoms with Gasteiger partial charge in [-0.25, -0.2) is 0 Å². The normalized spacial score (nSPS) is 10.3. The highest BCUT2D eigenvalue weighted by Gasteiger charge is 2.19. The summed E-state index contributed by atoms with van der Waals surface area (Å²) in [6, 6.07) is 5.01. The third-order valence-electron chi connectivity index (χ3n) is 2.12. The molecule has 8 heteroatoms. The Bertz CT molecular complexity index is 615. The number of primary amides is 1.